The molecule has 1 aromatic carbocycles. The van der Waals surface area contributed by atoms with Crippen LogP contribution in [-0.2, 0) is 9.53 Å². The van der Waals surface area contributed by atoms with Crippen LogP contribution in [0.3, 0.4) is 0 Å². The molecule has 1 aromatic rings. The van der Waals surface area contributed by atoms with Crippen molar-refractivity contribution in [2.24, 2.45) is 5.41 Å². The van der Waals surface area contributed by atoms with Crippen molar-refractivity contribution in [2.45, 2.75) is 12.8 Å². The molecular weight excluding hydrogens is 224 g/mol. The summed E-state index contributed by atoms with van der Waals surface area (Å²) in [6.45, 7) is 5.05. The van der Waals surface area contributed by atoms with Crippen LogP contribution in [0.4, 0.5) is 0 Å². The summed E-state index contributed by atoms with van der Waals surface area (Å²) in [5, 5.41) is 0. The van der Waals surface area contributed by atoms with Crippen LogP contribution < -0.4 is 0 Å². The van der Waals surface area contributed by atoms with Crippen LogP contribution >= 0.6 is 0 Å². The zero-order chi connectivity index (χ0) is 12.6. The lowest BCUT2D eigenvalue weighted by molar-refractivity contribution is -0.114. The number of ether oxygens (including phenoxy) is 1. The third-order valence-corrected chi connectivity index (χ3v) is 3.94. The van der Waals surface area contributed by atoms with Crippen molar-refractivity contribution in [3.63, 3.8) is 0 Å². The van der Waals surface area contributed by atoms with Crippen LogP contribution in [0.5, 0.6) is 0 Å². The molecule has 0 aromatic heterocycles. The predicted octanol–water partition coefficient (Wildman–Crippen LogP) is 3.01. The van der Waals surface area contributed by atoms with Gasteiger partial charge in [0.1, 0.15) is 0 Å². The van der Waals surface area contributed by atoms with Crippen LogP contribution in [0.15, 0.2) is 48.6 Å². The summed E-state index contributed by atoms with van der Waals surface area (Å²) in [5.74, 6) is 0.251. The minimum Gasteiger partial charge on any atom is -0.376 e. The molecule has 1 fully saturated rings. The Balaban J connectivity index is 2.12. The number of hydrogen-bond acceptors (Lipinski definition) is 2. The van der Waals surface area contributed by atoms with Gasteiger partial charge in [0.2, 0.25) is 0 Å². The van der Waals surface area contributed by atoms with Crippen molar-refractivity contribution in [1.29, 1.82) is 0 Å². The normalized spacial score (nSPS) is 26.6. The van der Waals surface area contributed by atoms with Gasteiger partial charge >= 0.3 is 0 Å². The monoisotopic (exact) mass is 240 g/mol. The van der Waals surface area contributed by atoms with Gasteiger partial charge in [0.15, 0.2) is 5.78 Å². The molecule has 0 N–H and O–H groups in total. The predicted molar refractivity (Wildman–Crippen MR) is 71.1 cm³/mol. The molecule has 2 nitrogen and oxygen atoms in total. The molecule has 0 spiro atoms. The van der Waals surface area contributed by atoms with E-state index >= 15 is 0 Å². The zero-order valence-electron chi connectivity index (χ0n) is 10.3. The Labute approximate surface area is 107 Å². The summed E-state index contributed by atoms with van der Waals surface area (Å²) in [5.41, 5.74) is 2.98. The van der Waals surface area contributed by atoms with E-state index in [4.69, 9.17) is 4.74 Å². The Morgan fingerprint density at radius 2 is 2.11 bits per heavy atom. The largest absolute Gasteiger partial charge is 0.376 e. The van der Waals surface area contributed by atoms with Crippen LogP contribution in [0.1, 0.15) is 18.4 Å². The number of fused-ring (bicyclic) bond motifs is 1. The first-order valence-electron chi connectivity index (χ1n) is 6.28. The van der Waals surface area contributed by atoms with Gasteiger partial charge in [-0.3, -0.25) is 4.79 Å². The minimum atomic E-state index is -0.107. The van der Waals surface area contributed by atoms with E-state index in [9.17, 15) is 4.79 Å². The number of carbonyl (C=O) groups excluding carboxylic acids is 1. The molecule has 18 heavy (non-hydrogen) atoms. The molecule has 0 radical (unpaired) electrons. The standard InChI is InChI=1S/C16H16O2/c1-2-8-16-9-14(17)15(13(16)10-18-11-16)12-6-4-3-5-7-12/h2-7H,1,8-11H2/t16-/m1/s1. The molecule has 2 heteroatoms. The number of benzene rings is 1. The number of rotatable bonds is 3. The van der Waals surface area contributed by atoms with E-state index in [1.54, 1.807) is 0 Å². The van der Waals surface area contributed by atoms with Crippen LogP contribution in [0.2, 0.25) is 0 Å². The van der Waals surface area contributed by atoms with Crippen molar-refractivity contribution < 1.29 is 9.53 Å². The van der Waals surface area contributed by atoms with Gasteiger partial charge in [-0.1, -0.05) is 36.4 Å². The second-order valence-corrected chi connectivity index (χ2v) is 5.09. The van der Waals surface area contributed by atoms with Gasteiger partial charge in [-0.2, -0.15) is 0 Å². The highest BCUT2D eigenvalue weighted by Gasteiger charge is 2.48. The molecule has 1 saturated heterocycles. The first-order valence-corrected chi connectivity index (χ1v) is 6.28. The van der Waals surface area contributed by atoms with Crippen molar-refractivity contribution in [3.8, 4) is 0 Å². The Bertz CT molecular complexity index is 527. The fourth-order valence-electron chi connectivity index (χ4n) is 3.12. The number of hydrogen-bond donors (Lipinski definition) is 0. The SMILES string of the molecule is C=CC[C@@]12COCC1=C(c1ccccc1)C(=O)C2. The molecule has 92 valence electrons. The molecule has 1 aliphatic carbocycles. The zero-order valence-corrected chi connectivity index (χ0v) is 10.3. The average Bonchev–Trinajstić information content (AvgIpc) is 2.85. The summed E-state index contributed by atoms with van der Waals surface area (Å²) < 4.78 is 5.61. The summed E-state index contributed by atoms with van der Waals surface area (Å²) in [6.07, 6.45) is 3.29. The molecule has 0 saturated carbocycles. The van der Waals surface area contributed by atoms with E-state index < -0.39 is 0 Å². The second kappa shape index (κ2) is 4.21. The summed E-state index contributed by atoms with van der Waals surface area (Å²) in [6, 6.07) is 9.92. The lowest BCUT2D eigenvalue weighted by atomic mass is 9.80. The van der Waals surface area contributed by atoms with Gasteiger partial charge in [-0.15, -0.1) is 6.58 Å². The van der Waals surface area contributed by atoms with E-state index in [1.807, 2.05) is 36.4 Å². The molecule has 1 aliphatic heterocycles. The average molecular weight is 240 g/mol. The first-order chi connectivity index (χ1) is 8.77. The van der Waals surface area contributed by atoms with Gasteiger partial charge < -0.3 is 4.74 Å². The van der Waals surface area contributed by atoms with Crippen molar-refractivity contribution in [2.75, 3.05) is 13.2 Å². The maximum absolute atomic E-state index is 12.3. The highest BCUT2D eigenvalue weighted by molar-refractivity contribution is 6.24. The highest BCUT2D eigenvalue weighted by Crippen LogP contribution is 2.50. The van der Waals surface area contributed by atoms with Gasteiger partial charge in [0.25, 0.3) is 0 Å². The number of allylic oxidation sites excluding steroid dienone is 2. The molecule has 0 unspecified atom stereocenters. The fourth-order valence-corrected chi connectivity index (χ4v) is 3.12. The van der Waals surface area contributed by atoms with Crippen molar-refractivity contribution in [1.82, 2.24) is 0 Å². The quantitative estimate of drug-likeness (QED) is 0.759. The molecule has 1 atom stereocenters. The second-order valence-electron chi connectivity index (χ2n) is 5.09. The lowest BCUT2D eigenvalue weighted by Crippen LogP contribution is -2.20. The van der Waals surface area contributed by atoms with E-state index in [0.717, 1.165) is 17.6 Å². The van der Waals surface area contributed by atoms with Gasteiger partial charge in [0, 0.05) is 17.4 Å². The summed E-state index contributed by atoms with van der Waals surface area (Å²) in [7, 11) is 0. The van der Waals surface area contributed by atoms with Gasteiger partial charge in [-0.05, 0) is 17.6 Å². The molecule has 0 amide bonds. The summed E-state index contributed by atoms with van der Waals surface area (Å²) in [4.78, 5) is 12.3. The smallest absolute Gasteiger partial charge is 0.164 e. The van der Waals surface area contributed by atoms with E-state index in [-0.39, 0.29) is 11.2 Å². The first kappa shape index (κ1) is 11.4. The fraction of sp³-hybridized carbons (Fsp3) is 0.312. The Morgan fingerprint density at radius 3 is 2.83 bits per heavy atom. The number of carbonyl (C=O) groups is 1. The number of Topliss-reactive ketones (excluding diaryl/α,β-unsaturated/α-hetero) is 1. The topological polar surface area (TPSA) is 26.3 Å². The lowest BCUT2D eigenvalue weighted by Gasteiger charge is -2.21. The van der Waals surface area contributed by atoms with Crippen molar-refractivity contribution in [3.05, 3.63) is 54.1 Å². The van der Waals surface area contributed by atoms with Gasteiger partial charge in [0.05, 0.1) is 13.2 Å². The maximum atomic E-state index is 12.3. The summed E-state index contributed by atoms with van der Waals surface area (Å²) >= 11 is 0. The molecule has 3 rings (SSSR count). The number of ketones is 1. The van der Waals surface area contributed by atoms with Gasteiger partial charge in [-0.25, -0.2) is 0 Å². The Hall–Kier alpha value is -1.67. The molecule has 2 aliphatic rings. The van der Waals surface area contributed by atoms with Crippen LogP contribution in [0.25, 0.3) is 5.57 Å². The third-order valence-electron chi connectivity index (χ3n) is 3.94. The van der Waals surface area contributed by atoms with Crippen LogP contribution in [-0.4, -0.2) is 19.0 Å². The highest BCUT2D eigenvalue weighted by atomic mass is 16.5. The van der Waals surface area contributed by atoms with E-state index in [1.165, 1.54) is 5.57 Å². The molecular formula is C16H16O2. The van der Waals surface area contributed by atoms with E-state index in [2.05, 4.69) is 6.58 Å². The maximum Gasteiger partial charge on any atom is 0.164 e. The molecule has 0 bridgehead atoms. The minimum absolute atomic E-state index is 0.107. The third kappa shape index (κ3) is 1.57. The Kier molecular flexibility index (Phi) is 2.67. The van der Waals surface area contributed by atoms with Crippen molar-refractivity contribution >= 4 is 11.4 Å². The molecule has 1 heterocycles. The van der Waals surface area contributed by atoms with Crippen LogP contribution in [0, 0.1) is 5.41 Å². The van der Waals surface area contributed by atoms with E-state index in [0.29, 0.717) is 19.6 Å². The Morgan fingerprint density at radius 1 is 1.33 bits per heavy atom.